The van der Waals surface area contributed by atoms with Crippen LogP contribution in [0.4, 0.5) is 0 Å². The summed E-state index contributed by atoms with van der Waals surface area (Å²) in [5, 5.41) is 9.19. The molecule has 0 aromatic carbocycles. The Balaban J connectivity index is 1.95. The Morgan fingerprint density at radius 2 is 1.71 bits per heavy atom. The average Bonchev–Trinajstić information content (AvgIpc) is 2.83. The molecule has 2 amide bonds. The zero-order chi connectivity index (χ0) is 17.8. The monoisotopic (exact) mass is 344 g/mol. The lowest BCUT2D eigenvalue weighted by Crippen LogP contribution is -2.38. The van der Waals surface area contributed by atoms with Gasteiger partial charge in [0.05, 0.1) is 26.7 Å². The van der Waals surface area contributed by atoms with Gasteiger partial charge in [-0.1, -0.05) is 13.8 Å². The molecule has 1 aliphatic heterocycles. The molecular formula is C16H32N4O4. The molecule has 1 atom stereocenters. The summed E-state index contributed by atoms with van der Waals surface area (Å²) < 4.78 is 10.7. The predicted molar refractivity (Wildman–Crippen MR) is 91.2 cm³/mol. The highest BCUT2D eigenvalue weighted by Gasteiger charge is 2.39. The minimum atomic E-state index is -0.157. The quantitative estimate of drug-likeness (QED) is 0.219. The van der Waals surface area contributed by atoms with Gasteiger partial charge in [0.25, 0.3) is 0 Å². The number of rotatable bonds is 14. The van der Waals surface area contributed by atoms with E-state index in [4.69, 9.17) is 9.47 Å². The molecule has 3 N–H and O–H groups in total. The molecule has 0 aromatic heterocycles. The second kappa shape index (κ2) is 12.3. The first kappa shape index (κ1) is 21.0. The molecule has 0 aliphatic carbocycles. The van der Waals surface area contributed by atoms with Crippen molar-refractivity contribution in [3.63, 3.8) is 0 Å². The normalized spacial score (nSPS) is 18.2. The van der Waals surface area contributed by atoms with Crippen molar-refractivity contribution in [1.82, 2.24) is 20.9 Å². The summed E-state index contributed by atoms with van der Waals surface area (Å²) in [4.78, 5) is 25.3. The Labute approximate surface area is 144 Å². The molecule has 1 aliphatic rings. The Morgan fingerprint density at radius 1 is 1.08 bits per heavy atom. The molecule has 1 unspecified atom stereocenters. The van der Waals surface area contributed by atoms with Crippen LogP contribution < -0.4 is 16.0 Å². The van der Waals surface area contributed by atoms with Crippen molar-refractivity contribution >= 4 is 11.8 Å². The molecule has 1 fully saturated rings. The van der Waals surface area contributed by atoms with Crippen molar-refractivity contribution in [3.05, 3.63) is 0 Å². The van der Waals surface area contributed by atoms with E-state index in [0.29, 0.717) is 52.7 Å². The summed E-state index contributed by atoms with van der Waals surface area (Å²) in [5.74, 6) is -0.0586. The highest BCUT2D eigenvalue weighted by molar-refractivity contribution is 6.03. The third kappa shape index (κ3) is 7.67. The molecule has 0 spiro atoms. The summed E-state index contributed by atoms with van der Waals surface area (Å²) in [5.41, 5.74) is 0. The van der Waals surface area contributed by atoms with Crippen LogP contribution in [0.25, 0.3) is 0 Å². The van der Waals surface area contributed by atoms with Crippen molar-refractivity contribution < 1.29 is 19.1 Å². The molecule has 1 rings (SSSR count). The fourth-order valence-electron chi connectivity index (χ4n) is 2.41. The molecule has 1 heterocycles. The van der Waals surface area contributed by atoms with Gasteiger partial charge in [-0.2, -0.15) is 0 Å². The molecule has 0 saturated carbocycles. The number of hydrogen-bond acceptors (Lipinski definition) is 7. The third-order valence-corrected chi connectivity index (χ3v) is 3.92. The fourth-order valence-corrected chi connectivity index (χ4v) is 2.41. The average molecular weight is 344 g/mol. The Kier molecular flexibility index (Phi) is 10.8. The number of amides is 2. The molecule has 1 saturated heterocycles. The molecule has 8 heteroatoms. The molecule has 0 radical (unpaired) electrons. The van der Waals surface area contributed by atoms with Gasteiger partial charge in [0.2, 0.25) is 11.8 Å². The van der Waals surface area contributed by atoms with Crippen LogP contribution in [0.15, 0.2) is 0 Å². The first-order valence-corrected chi connectivity index (χ1v) is 8.63. The first-order valence-electron chi connectivity index (χ1n) is 8.63. The molecular weight excluding hydrogens is 312 g/mol. The summed E-state index contributed by atoms with van der Waals surface area (Å²) in [6.07, 6.45) is 0.342. The van der Waals surface area contributed by atoms with Crippen molar-refractivity contribution in [1.29, 1.82) is 0 Å². The molecule has 0 bridgehead atoms. The Morgan fingerprint density at radius 3 is 2.29 bits per heavy atom. The van der Waals surface area contributed by atoms with Gasteiger partial charge in [-0.15, -0.1) is 0 Å². The number of nitrogens with zero attached hydrogens (tertiary/aromatic N) is 1. The van der Waals surface area contributed by atoms with E-state index >= 15 is 0 Å². The van der Waals surface area contributed by atoms with Gasteiger partial charge < -0.3 is 14.8 Å². The van der Waals surface area contributed by atoms with E-state index in [1.54, 1.807) is 0 Å². The Bertz CT molecular complexity index is 379. The van der Waals surface area contributed by atoms with Crippen molar-refractivity contribution in [2.75, 3.05) is 59.9 Å². The van der Waals surface area contributed by atoms with E-state index in [-0.39, 0.29) is 23.7 Å². The first-order chi connectivity index (χ1) is 11.6. The number of hydrogen-bond donors (Lipinski definition) is 3. The van der Waals surface area contributed by atoms with Gasteiger partial charge in [0.15, 0.2) is 0 Å². The van der Waals surface area contributed by atoms with Gasteiger partial charge in [0.1, 0.15) is 0 Å². The number of likely N-dealkylation sites (N-methyl/N-ethyl adjacent to an activating group) is 1. The SMILES string of the molecule is CNCCOCNCCOCNCCN1C(=O)CC(C(C)C)C1=O. The molecule has 8 nitrogen and oxygen atoms in total. The van der Waals surface area contributed by atoms with Crippen LogP contribution in [0.1, 0.15) is 20.3 Å². The lowest BCUT2D eigenvalue weighted by molar-refractivity contribution is -0.139. The Hall–Kier alpha value is -1.06. The maximum Gasteiger partial charge on any atom is 0.233 e. The van der Waals surface area contributed by atoms with Crippen LogP contribution in [-0.2, 0) is 19.1 Å². The largest absolute Gasteiger partial charge is 0.365 e. The zero-order valence-electron chi connectivity index (χ0n) is 15.1. The topological polar surface area (TPSA) is 91.9 Å². The highest BCUT2D eigenvalue weighted by atomic mass is 16.5. The minimum Gasteiger partial charge on any atom is -0.365 e. The number of ether oxygens (including phenoxy) is 2. The maximum absolute atomic E-state index is 12.1. The highest BCUT2D eigenvalue weighted by Crippen LogP contribution is 2.25. The lowest BCUT2D eigenvalue weighted by Gasteiger charge is -2.16. The molecule has 0 aromatic rings. The van der Waals surface area contributed by atoms with E-state index in [9.17, 15) is 9.59 Å². The predicted octanol–water partition coefficient (Wildman–Crippen LogP) is -0.636. The third-order valence-electron chi connectivity index (χ3n) is 3.92. The van der Waals surface area contributed by atoms with E-state index < -0.39 is 0 Å². The van der Waals surface area contributed by atoms with Crippen LogP contribution in [0.2, 0.25) is 0 Å². The summed E-state index contributed by atoms with van der Waals surface area (Å²) >= 11 is 0. The zero-order valence-corrected chi connectivity index (χ0v) is 15.1. The smallest absolute Gasteiger partial charge is 0.233 e. The van der Waals surface area contributed by atoms with Gasteiger partial charge in [-0.05, 0) is 13.0 Å². The number of likely N-dealkylation sites (tertiary alicyclic amines) is 1. The summed E-state index contributed by atoms with van der Waals surface area (Å²) in [6.45, 7) is 8.60. The maximum atomic E-state index is 12.1. The van der Waals surface area contributed by atoms with Gasteiger partial charge in [-0.25, -0.2) is 0 Å². The van der Waals surface area contributed by atoms with Gasteiger partial charge >= 0.3 is 0 Å². The van der Waals surface area contributed by atoms with E-state index in [1.807, 2.05) is 20.9 Å². The van der Waals surface area contributed by atoms with Crippen molar-refractivity contribution in [2.45, 2.75) is 20.3 Å². The lowest BCUT2D eigenvalue weighted by atomic mass is 9.94. The molecule has 140 valence electrons. The van der Waals surface area contributed by atoms with E-state index in [0.717, 1.165) is 6.54 Å². The fraction of sp³-hybridized carbons (Fsp3) is 0.875. The second-order valence-electron chi connectivity index (χ2n) is 6.15. The van der Waals surface area contributed by atoms with Crippen LogP contribution in [0.3, 0.4) is 0 Å². The van der Waals surface area contributed by atoms with Gasteiger partial charge in [0, 0.05) is 38.5 Å². The van der Waals surface area contributed by atoms with Crippen LogP contribution in [0.5, 0.6) is 0 Å². The number of carbonyl (C=O) groups is 2. The standard InChI is InChI=1S/C16H32N4O4/c1-13(2)14-10-15(21)20(16(14)22)7-4-18-11-24-9-6-19-12-23-8-5-17-3/h13-14,17-19H,4-12H2,1-3H3. The van der Waals surface area contributed by atoms with Crippen molar-refractivity contribution in [3.8, 4) is 0 Å². The van der Waals surface area contributed by atoms with Crippen LogP contribution >= 0.6 is 0 Å². The van der Waals surface area contributed by atoms with Crippen LogP contribution in [0, 0.1) is 11.8 Å². The number of imide groups is 1. The number of carbonyl (C=O) groups excluding carboxylic acids is 2. The molecule has 24 heavy (non-hydrogen) atoms. The second-order valence-corrected chi connectivity index (χ2v) is 6.15. The summed E-state index contributed by atoms with van der Waals surface area (Å²) in [6, 6.07) is 0. The van der Waals surface area contributed by atoms with E-state index in [2.05, 4.69) is 16.0 Å². The van der Waals surface area contributed by atoms with Crippen LogP contribution in [-0.4, -0.2) is 76.6 Å². The van der Waals surface area contributed by atoms with Gasteiger partial charge in [-0.3, -0.25) is 25.1 Å². The minimum absolute atomic E-state index is 0.0415. The van der Waals surface area contributed by atoms with E-state index in [1.165, 1.54) is 4.90 Å². The van der Waals surface area contributed by atoms with Crippen molar-refractivity contribution in [2.24, 2.45) is 11.8 Å². The number of nitrogens with one attached hydrogen (secondary N) is 3. The summed E-state index contributed by atoms with van der Waals surface area (Å²) in [7, 11) is 1.88.